The van der Waals surface area contributed by atoms with E-state index in [0.717, 1.165) is 43.6 Å². The van der Waals surface area contributed by atoms with Crippen LogP contribution in [-0.2, 0) is 0 Å². The molecule has 0 saturated carbocycles. The first-order valence-corrected chi connectivity index (χ1v) is 8.77. The Hall–Kier alpha value is -2.63. The summed E-state index contributed by atoms with van der Waals surface area (Å²) in [5, 5.41) is 2.97. The highest BCUT2D eigenvalue weighted by molar-refractivity contribution is 5.88. The van der Waals surface area contributed by atoms with Gasteiger partial charge in [0.1, 0.15) is 11.6 Å². The van der Waals surface area contributed by atoms with Crippen LogP contribution >= 0.6 is 0 Å². The minimum Gasteiger partial charge on any atom is -0.363 e. The molecular formula is C19H25N5O. The van der Waals surface area contributed by atoms with E-state index in [1.165, 1.54) is 0 Å². The molecule has 0 aliphatic carbocycles. The maximum absolute atomic E-state index is 12.9. The minimum atomic E-state index is -0.0906. The van der Waals surface area contributed by atoms with Crippen LogP contribution in [0.15, 0.2) is 42.7 Å². The van der Waals surface area contributed by atoms with Gasteiger partial charge < -0.3 is 9.80 Å². The summed E-state index contributed by atoms with van der Waals surface area (Å²) in [5.41, 5.74) is 1.14. The van der Waals surface area contributed by atoms with Crippen LogP contribution in [0.1, 0.15) is 37.3 Å². The predicted octanol–water partition coefficient (Wildman–Crippen LogP) is 3.69. The van der Waals surface area contributed by atoms with Gasteiger partial charge in [-0.05, 0) is 42.7 Å². The Morgan fingerprint density at radius 3 is 2.72 bits per heavy atom. The Morgan fingerprint density at radius 2 is 1.96 bits per heavy atom. The molecule has 0 unspecified atom stereocenters. The normalized spacial score (nSPS) is 17.7. The van der Waals surface area contributed by atoms with Crippen LogP contribution < -0.4 is 10.2 Å². The molecule has 1 aliphatic rings. The summed E-state index contributed by atoms with van der Waals surface area (Å²) in [5.74, 6) is 1.40. The van der Waals surface area contributed by atoms with E-state index in [1.807, 2.05) is 54.2 Å². The van der Waals surface area contributed by atoms with Crippen molar-refractivity contribution in [1.82, 2.24) is 14.9 Å². The molecule has 1 aliphatic heterocycles. The summed E-state index contributed by atoms with van der Waals surface area (Å²) < 4.78 is 0. The van der Waals surface area contributed by atoms with Gasteiger partial charge in [0, 0.05) is 33.0 Å². The molecule has 6 nitrogen and oxygen atoms in total. The second kappa shape index (κ2) is 7.96. The minimum absolute atomic E-state index is 0.0857. The van der Waals surface area contributed by atoms with Crippen LogP contribution in [0.3, 0.4) is 0 Å². The zero-order chi connectivity index (χ0) is 17.6. The van der Waals surface area contributed by atoms with Crippen LogP contribution in [0.25, 0.3) is 0 Å². The van der Waals surface area contributed by atoms with Gasteiger partial charge in [0.15, 0.2) is 0 Å². The van der Waals surface area contributed by atoms with Gasteiger partial charge in [-0.25, -0.2) is 9.78 Å². The number of amides is 2. The van der Waals surface area contributed by atoms with Gasteiger partial charge in [-0.2, -0.15) is 0 Å². The third-order valence-corrected chi connectivity index (χ3v) is 4.53. The van der Waals surface area contributed by atoms with Crippen LogP contribution in [0.2, 0.25) is 0 Å². The number of hydrogen-bond acceptors (Lipinski definition) is 4. The average molecular weight is 339 g/mol. The van der Waals surface area contributed by atoms with E-state index in [0.29, 0.717) is 5.82 Å². The predicted molar refractivity (Wildman–Crippen MR) is 99.7 cm³/mol. The van der Waals surface area contributed by atoms with E-state index in [9.17, 15) is 4.79 Å². The molecule has 0 bridgehead atoms. The second-order valence-corrected chi connectivity index (χ2v) is 6.54. The second-order valence-electron chi connectivity index (χ2n) is 6.54. The summed E-state index contributed by atoms with van der Waals surface area (Å²) in [7, 11) is 3.87. The van der Waals surface area contributed by atoms with Gasteiger partial charge in [-0.3, -0.25) is 10.3 Å². The first-order valence-electron chi connectivity index (χ1n) is 8.77. The number of nitrogens with zero attached hydrogens (tertiary/aromatic N) is 4. The fraction of sp³-hybridized carbons (Fsp3) is 0.421. The zero-order valence-electron chi connectivity index (χ0n) is 14.9. The maximum atomic E-state index is 12.9. The molecule has 3 heterocycles. The van der Waals surface area contributed by atoms with Crippen LogP contribution in [0, 0.1) is 0 Å². The molecule has 6 heteroatoms. The highest BCUT2D eigenvalue weighted by atomic mass is 16.2. The lowest BCUT2D eigenvalue weighted by Crippen LogP contribution is -2.38. The highest BCUT2D eigenvalue weighted by Crippen LogP contribution is 2.30. The molecule has 0 spiro atoms. The van der Waals surface area contributed by atoms with Crippen molar-refractivity contribution >= 4 is 17.7 Å². The smallest absolute Gasteiger partial charge is 0.323 e. The molecule has 2 aromatic rings. The van der Waals surface area contributed by atoms with Crippen LogP contribution in [-0.4, -0.2) is 41.5 Å². The average Bonchev–Trinajstić information content (AvgIpc) is 2.88. The largest absolute Gasteiger partial charge is 0.363 e. The summed E-state index contributed by atoms with van der Waals surface area (Å²) >= 11 is 0. The third-order valence-electron chi connectivity index (χ3n) is 4.53. The molecule has 1 N–H and O–H groups in total. The van der Waals surface area contributed by atoms with Crippen LogP contribution in [0.5, 0.6) is 0 Å². The van der Waals surface area contributed by atoms with Crippen molar-refractivity contribution in [3.8, 4) is 0 Å². The lowest BCUT2D eigenvalue weighted by atomic mass is 10.0. The molecule has 2 aromatic heterocycles. The molecule has 1 saturated heterocycles. The fourth-order valence-electron chi connectivity index (χ4n) is 3.21. The number of urea groups is 1. The molecule has 0 radical (unpaired) electrons. The summed E-state index contributed by atoms with van der Waals surface area (Å²) in [6.45, 7) is 0.756. The van der Waals surface area contributed by atoms with Gasteiger partial charge >= 0.3 is 6.03 Å². The van der Waals surface area contributed by atoms with E-state index < -0.39 is 0 Å². The van der Waals surface area contributed by atoms with E-state index in [1.54, 1.807) is 12.4 Å². The van der Waals surface area contributed by atoms with Crippen molar-refractivity contribution < 1.29 is 4.79 Å². The topological polar surface area (TPSA) is 61.4 Å². The fourth-order valence-corrected chi connectivity index (χ4v) is 3.21. The van der Waals surface area contributed by atoms with Gasteiger partial charge in [-0.1, -0.05) is 18.9 Å². The molecule has 25 heavy (non-hydrogen) atoms. The lowest BCUT2D eigenvalue weighted by molar-refractivity contribution is 0.189. The Balaban J connectivity index is 1.79. The van der Waals surface area contributed by atoms with Gasteiger partial charge in [0.25, 0.3) is 0 Å². The van der Waals surface area contributed by atoms with E-state index in [2.05, 4.69) is 15.3 Å². The summed E-state index contributed by atoms with van der Waals surface area (Å²) in [6.07, 6.45) is 7.87. The van der Waals surface area contributed by atoms with Crippen LogP contribution in [0.4, 0.5) is 16.4 Å². The molecule has 3 rings (SSSR count). The Kier molecular flexibility index (Phi) is 5.48. The number of likely N-dealkylation sites (tertiary alicyclic amines) is 1. The number of carbonyl (C=O) groups is 1. The number of nitrogens with one attached hydrogen (secondary N) is 1. The van der Waals surface area contributed by atoms with E-state index in [-0.39, 0.29) is 12.1 Å². The Bertz CT molecular complexity index is 704. The van der Waals surface area contributed by atoms with E-state index in [4.69, 9.17) is 0 Å². The number of rotatable bonds is 3. The van der Waals surface area contributed by atoms with Crippen molar-refractivity contribution in [2.24, 2.45) is 0 Å². The Labute approximate surface area is 148 Å². The molecule has 0 aromatic carbocycles. The highest BCUT2D eigenvalue weighted by Gasteiger charge is 2.27. The number of pyridine rings is 2. The first kappa shape index (κ1) is 17.2. The summed E-state index contributed by atoms with van der Waals surface area (Å²) in [4.78, 5) is 25.4. The summed E-state index contributed by atoms with van der Waals surface area (Å²) in [6, 6.07) is 9.64. The lowest BCUT2D eigenvalue weighted by Gasteiger charge is -2.30. The number of carbonyl (C=O) groups excluding carboxylic acids is 1. The number of anilines is 2. The number of hydrogen-bond donors (Lipinski definition) is 1. The SMILES string of the molecule is CN(C)c1cccc(NC(=O)N2CCCCC[C@H]2c2ccncc2)n1. The number of aromatic nitrogens is 2. The van der Waals surface area contributed by atoms with Crippen molar-refractivity contribution in [1.29, 1.82) is 0 Å². The first-order chi connectivity index (χ1) is 12.1. The van der Waals surface area contributed by atoms with Gasteiger partial charge in [0.05, 0.1) is 6.04 Å². The van der Waals surface area contributed by atoms with Gasteiger partial charge in [0.2, 0.25) is 0 Å². The molecule has 1 fully saturated rings. The molecular weight excluding hydrogens is 314 g/mol. The third kappa shape index (κ3) is 4.26. The monoisotopic (exact) mass is 339 g/mol. The van der Waals surface area contributed by atoms with Crippen molar-refractivity contribution in [3.05, 3.63) is 48.3 Å². The maximum Gasteiger partial charge on any atom is 0.323 e. The van der Waals surface area contributed by atoms with Crippen molar-refractivity contribution in [2.45, 2.75) is 31.7 Å². The zero-order valence-corrected chi connectivity index (χ0v) is 14.9. The standard InChI is InChI=1S/C19H25N5O/c1-23(2)18-9-6-8-17(21-18)22-19(25)24-14-5-3-4-7-16(24)15-10-12-20-13-11-15/h6,8-13,16H,3-5,7,14H2,1-2H3,(H,21,22,25)/t16-/m0/s1. The Morgan fingerprint density at radius 1 is 1.16 bits per heavy atom. The van der Waals surface area contributed by atoms with E-state index >= 15 is 0 Å². The van der Waals surface area contributed by atoms with Crippen molar-refractivity contribution in [3.63, 3.8) is 0 Å². The van der Waals surface area contributed by atoms with Crippen molar-refractivity contribution in [2.75, 3.05) is 30.9 Å². The quantitative estimate of drug-likeness (QED) is 0.926. The molecule has 132 valence electrons. The molecule has 1 atom stereocenters. The molecule has 2 amide bonds. The van der Waals surface area contributed by atoms with Gasteiger partial charge in [-0.15, -0.1) is 0 Å².